The predicted molar refractivity (Wildman–Crippen MR) is 110 cm³/mol. The molecule has 0 aliphatic heterocycles. The number of carbonyl (C=O) groups is 3. The summed E-state index contributed by atoms with van der Waals surface area (Å²) in [6, 6.07) is 0. The van der Waals surface area contributed by atoms with E-state index < -0.39 is 23.8 Å². The number of aryl methyl sites for hydroxylation is 1. The Hall–Kier alpha value is -2.15. The van der Waals surface area contributed by atoms with Crippen molar-refractivity contribution in [3.63, 3.8) is 0 Å². The second kappa shape index (κ2) is 7.94. The summed E-state index contributed by atoms with van der Waals surface area (Å²) in [4.78, 5) is 38.9. The number of aliphatic carboxylic acids is 1. The second-order valence-corrected chi connectivity index (χ2v) is 9.66. The van der Waals surface area contributed by atoms with Crippen LogP contribution in [0.4, 0.5) is 5.00 Å². The molecule has 0 aromatic carbocycles. The molecule has 29 heavy (non-hydrogen) atoms. The van der Waals surface area contributed by atoms with Crippen LogP contribution in [0.1, 0.15) is 60.3 Å². The minimum Gasteiger partial charge on any atom is -0.481 e. The number of nitrogens with one attached hydrogen (secondary N) is 1. The predicted octanol–water partition coefficient (Wildman–Crippen LogP) is 4.04. The molecule has 1 fully saturated rings. The van der Waals surface area contributed by atoms with Gasteiger partial charge in [-0.3, -0.25) is 9.59 Å². The van der Waals surface area contributed by atoms with Crippen molar-refractivity contribution in [3.8, 4) is 0 Å². The van der Waals surface area contributed by atoms with E-state index in [1.165, 1.54) is 11.3 Å². The van der Waals surface area contributed by atoms with Gasteiger partial charge in [0.1, 0.15) is 5.00 Å². The second-order valence-electron chi connectivity index (χ2n) is 8.55. The van der Waals surface area contributed by atoms with Crippen LogP contribution in [0.15, 0.2) is 12.2 Å². The van der Waals surface area contributed by atoms with Crippen LogP contribution in [-0.4, -0.2) is 29.1 Å². The van der Waals surface area contributed by atoms with E-state index in [4.69, 9.17) is 4.74 Å². The largest absolute Gasteiger partial charge is 0.481 e. The van der Waals surface area contributed by atoms with Gasteiger partial charge in [-0.1, -0.05) is 18.6 Å². The number of esters is 1. The molecule has 0 radical (unpaired) electrons. The van der Waals surface area contributed by atoms with Crippen molar-refractivity contribution in [1.82, 2.24) is 0 Å². The van der Waals surface area contributed by atoms with Crippen LogP contribution in [0.2, 0.25) is 0 Å². The summed E-state index contributed by atoms with van der Waals surface area (Å²) in [6.45, 7) is 3.61. The minimum atomic E-state index is -0.927. The topological polar surface area (TPSA) is 92.7 Å². The van der Waals surface area contributed by atoms with Crippen molar-refractivity contribution in [2.45, 2.75) is 58.5 Å². The average Bonchev–Trinajstić information content (AvgIpc) is 3.30. The first-order valence-electron chi connectivity index (χ1n) is 10.4. The molecule has 2 bridgehead atoms. The van der Waals surface area contributed by atoms with Crippen LogP contribution in [0, 0.1) is 23.7 Å². The molecule has 4 rings (SSSR count). The molecule has 156 valence electrons. The van der Waals surface area contributed by atoms with Gasteiger partial charge in [-0.05, 0) is 63.4 Å². The molecular weight excluding hydrogens is 390 g/mol. The van der Waals surface area contributed by atoms with E-state index in [1.54, 1.807) is 13.8 Å². The van der Waals surface area contributed by atoms with Crippen LogP contribution >= 0.6 is 11.3 Å². The monoisotopic (exact) mass is 417 g/mol. The maximum atomic E-state index is 13.1. The summed E-state index contributed by atoms with van der Waals surface area (Å²) >= 11 is 1.45. The van der Waals surface area contributed by atoms with Gasteiger partial charge in [0, 0.05) is 4.88 Å². The maximum absolute atomic E-state index is 13.1. The van der Waals surface area contributed by atoms with Crippen molar-refractivity contribution in [3.05, 3.63) is 28.2 Å². The van der Waals surface area contributed by atoms with Crippen molar-refractivity contribution in [2.75, 3.05) is 5.32 Å². The van der Waals surface area contributed by atoms with Crippen LogP contribution in [-0.2, 0) is 27.2 Å². The van der Waals surface area contributed by atoms with Gasteiger partial charge >= 0.3 is 11.9 Å². The zero-order valence-corrected chi connectivity index (χ0v) is 17.6. The molecular formula is C22H27NO5S. The SMILES string of the molecule is CC(C)OC(=O)c1c(NC(=O)[C@H]2[C@H](C(=O)O)[C@H]3C=C[C@H]2C3)sc2c1CCCCC2. The van der Waals surface area contributed by atoms with E-state index in [0.29, 0.717) is 17.0 Å². The van der Waals surface area contributed by atoms with Gasteiger partial charge in [-0.2, -0.15) is 0 Å². The quantitative estimate of drug-likeness (QED) is 0.428. The maximum Gasteiger partial charge on any atom is 0.341 e. The lowest BCUT2D eigenvalue weighted by Gasteiger charge is -2.23. The Morgan fingerprint density at radius 1 is 1.10 bits per heavy atom. The molecule has 0 saturated heterocycles. The van der Waals surface area contributed by atoms with Crippen LogP contribution < -0.4 is 5.32 Å². The fraction of sp³-hybridized carbons (Fsp3) is 0.591. The molecule has 1 saturated carbocycles. The summed E-state index contributed by atoms with van der Waals surface area (Å²) in [7, 11) is 0. The average molecular weight is 418 g/mol. The number of hydrogen-bond acceptors (Lipinski definition) is 5. The number of carboxylic acids is 1. The van der Waals surface area contributed by atoms with Gasteiger partial charge in [0.05, 0.1) is 23.5 Å². The first-order chi connectivity index (χ1) is 13.9. The summed E-state index contributed by atoms with van der Waals surface area (Å²) < 4.78 is 5.47. The third kappa shape index (κ3) is 3.72. The van der Waals surface area contributed by atoms with E-state index in [9.17, 15) is 19.5 Å². The number of hydrogen-bond donors (Lipinski definition) is 2. The molecule has 4 atom stereocenters. The number of rotatable bonds is 5. The number of carboxylic acid groups (broad SMARTS) is 1. The molecule has 1 aromatic rings. The number of amides is 1. The van der Waals surface area contributed by atoms with Crippen LogP contribution in [0.5, 0.6) is 0 Å². The fourth-order valence-corrected chi connectivity index (χ4v) is 6.31. The molecule has 0 unspecified atom stereocenters. The van der Waals surface area contributed by atoms with Crippen molar-refractivity contribution in [1.29, 1.82) is 0 Å². The standard InChI is InChI=1S/C22H27NO5S/c1-11(2)28-22(27)18-14-6-4-3-5-7-15(14)29-20(18)23-19(24)16-12-8-9-13(10-12)17(16)21(25)26/h8-9,11-13,16-17H,3-7,10H2,1-2H3,(H,23,24)(H,25,26)/t12-,13-,16+,17+/m0/s1. The zero-order valence-electron chi connectivity index (χ0n) is 16.8. The van der Waals surface area contributed by atoms with Crippen LogP contribution in [0.3, 0.4) is 0 Å². The van der Waals surface area contributed by atoms with E-state index in [2.05, 4.69) is 5.32 Å². The highest BCUT2D eigenvalue weighted by Crippen LogP contribution is 2.49. The van der Waals surface area contributed by atoms with E-state index in [-0.39, 0.29) is 23.8 Å². The Morgan fingerprint density at radius 3 is 2.48 bits per heavy atom. The normalized spacial score (nSPS) is 27.6. The van der Waals surface area contributed by atoms with Crippen molar-refractivity contribution >= 4 is 34.2 Å². The third-order valence-corrected chi connectivity index (χ3v) is 7.46. The van der Waals surface area contributed by atoms with Gasteiger partial charge in [0.2, 0.25) is 5.91 Å². The lowest BCUT2D eigenvalue weighted by atomic mass is 9.82. The molecule has 3 aliphatic rings. The number of allylic oxidation sites excluding steroid dienone is 2. The highest BCUT2D eigenvalue weighted by molar-refractivity contribution is 7.17. The van der Waals surface area contributed by atoms with Gasteiger partial charge in [-0.15, -0.1) is 11.3 Å². The molecule has 1 aromatic heterocycles. The first-order valence-corrected chi connectivity index (χ1v) is 11.3. The Balaban J connectivity index is 1.64. The first kappa shape index (κ1) is 20.1. The number of ether oxygens (including phenoxy) is 1. The van der Waals surface area contributed by atoms with Gasteiger partial charge in [0.15, 0.2) is 0 Å². The number of fused-ring (bicyclic) bond motifs is 3. The van der Waals surface area contributed by atoms with Gasteiger partial charge < -0.3 is 15.2 Å². The Bertz CT molecular complexity index is 871. The highest BCUT2D eigenvalue weighted by Gasteiger charge is 2.51. The minimum absolute atomic E-state index is 0.0510. The summed E-state index contributed by atoms with van der Waals surface area (Å²) in [5, 5.41) is 13.1. The lowest BCUT2D eigenvalue weighted by Crippen LogP contribution is -2.36. The van der Waals surface area contributed by atoms with E-state index in [0.717, 1.165) is 42.5 Å². The lowest BCUT2D eigenvalue weighted by molar-refractivity contribution is -0.146. The van der Waals surface area contributed by atoms with Gasteiger partial charge in [-0.25, -0.2) is 4.79 Å². The Morgan fingerprint density at radius 2 is 1.79 bits per heavy atom. The summed E-state index contributed by atoms with van der Waals surface area (Å²) in [5.74, 6) is -3.07. The van der Waals surface area contributed by atoms with E-state index >= 15 is 0 Å². The highest BCUT2D eigenvalue weighted by atomic mass is 32.1. The third-order valence-electron chi connectivity index (χ3n) is 6.25. The molecule has 3 aliphatic carbocycles. The Kier molecular flexibility index (Phi) is 5.51. The molecule has 2 N–H and O–H groups in total. The smallest absolute Gasteiger partial charge is 0.341 e. The summed E-state index contributed by atoms with van der Waals surface area (Å²) in [6.07, 6.45) is 9.25. The van der Waals surface area contributed by atoms with Crippen molar-refractivity contribution in [2.24, 2.45) is 23.7 Å². The van der Waals surface area contributed by atoms with Gasteiger partial charge in [0.25, 0.3) is 0 Å². The van der Waals surface area contributed by atoms with Crippen LogP contribution in [0.25, 0.3) is 0 Å². The molecule has 0 spiro atoms. The summed E-state index contributed by atoms with van der Waals surface area (Å²) in [5.41, 5.74) is 1.47. The number of anilines is 1. The molecule has 1 heterocycles. The Labute approximate surface area is 174 Å². The fourth-order valence-electron chi connectivity index (χ4n) is 5.03. The number of carbonyl (C=O) groups excluding carboxylic acids is 2. The van der Waals surface area contributed by atoms with Crippen molar-refractivity contribution < 1.29 is 24.2 Å². The molecule has 1 amide bonds. The van der Waals surface area contributed by atoms with E-state index in [1.807, 2.05) is 12.2 Å². The molecule has 7 heteroatoms. The number of thiophene rings is 1. The molecule has 6 nitrogen and oxygen atoms in total. The zero-order chi connectivity index (χ0) is 20.7.